The van der Waals surface area contributed by atoms with E-state index in [1.807, 2.05) is 0 Å². The summed E-state index contributed by atoms with van der Waals surface area (Å²) in [7, 11) is 0. The maximum Gasteiger partial charge on any atom is 0.276 e. The van der Waals surface area contributed by atoms with Crippen LogP contribution in [-0.2, 0) is 0 Å². The van der Waals surface area contributed by atoms with Crippen LogP contribution in [0.1, 0.15) is 11.1 Å². The van der Waals surface area contributed by atoms with Crippen molar-refractivity contribution in [3.8, 4) is 17.9 Å². The Morgan fingerprint density at radius 2 is 2.20 bits per heavy atom. The Bertz CT molecular complexity index is 521. The van der Waals surface area contributed by atoms with E-state index in [0.29, 0.717) is 0 Å². The predicted octanol–water partition coefficient (Wildman–Crippen LogP) is 1.92. The standard InChI is InChI=1S/C10H5FN2O2/c1-7-8(3-2-4-12)5-9(11)6-10(7)13(14)15/h5-6H,1H3. The molecule has 0 saturated carbocycles. The van der Waals surface area contributed by atoms with Crippen molar-refractivity contribution in [3.63, 3.8) is 0 Å². The molecule has 5 heteroatoms. The van der Waals surface area contributed by atoms with Crippen molar-refractivity contribution in [1.82, 2.24) is 0 Å². The fourth-order valence-corrected chi connectivity index (χ4v) is 1.08. The highest BCUT2D eigenvalue weighted by Crippen LogP contribution is 2.22. The van der Waals surface area contributed by atoms with Crippen molar-refractivity contribution in [2.24, 2.45) is 0 Å². The van der Waals surface area contributed by atoms with E-state index in [0.717, 1.165) is 12.1 Å². The van der Waals surface area contributed by atoms with E-state index in [1.54, 1.807) is 6.07 Å². The maximum absolute atomic E-state index is 12.9. The number of benzene rings is 1. The molecule has 1 rings (SSSR count). The van der Waals surface area contributed by atoms with Crippen LogP contribution in [0.3, 0.4) is 0 Å². The molecule has 0 aromatic heterocycles. The average molecular weight is 204 g/mol. The lowest BCUT2D eigenvalue weighted by molar-refractivity contribution is -0.385. The molecule has 0 atom stereocenters. The molecule has 0 heterocycles. The minimum Gasteiger partial charge on any atom is -0.258 e. The van der Waals surface area contributed by atoms with E-state index < -0.39 is 10.7 Å². The molecule has 0 unspecified atom stereocenters. The van der Waals surface area contributed by atoms with Gasteiger partial charge in [0.05, 0.1) is 11.0 Å². The predicted molar refractivity (Wildman–Crippen MR) is 50.3 cm³/mol. The van der Waals surface area contributed by atoms with Crippen LogP contribution < -0.4 is 0 Å². The number of nitro benzene ring substituents is 1. The van der Waals surface area contributed by atoms with Crippen LogP contribution in [0.15, 0.2) is 12.1 Å². The number of hydrogen-bond acceptors (Lipinski definition) is 3. The Hall–Kier alpha value is -2.40. The number of halogens is 1. The maximum atomic E-state index is 12.9. The van der Waals surface area contributed by atoms with Gasteiger partial charge in [-0.25, -0.2) is 4.39 Å². The van der Waals surface area contributed by atoms with Crippen molar-refractivity contribution >= 4 is 5.69 Å². The van der Waals surface area contributed by atoms with Gasteiger partial charge in [-0.05, 0) is 13.0 Å². The van der Waals surface area contributed by atoms with Crippen molar-refractivity contribution in [2.45, 2.75) is 6.92 Å². The molecule has 15 heavy (non-hydrogen) atoms. The molecular weight excluding hydrogens is 199 g/mol. The second-order valence-electron chi connectivity index (χ2n) is 2.72. The van der Waals surface area contributed by atoms with Gasteiger partial charge in [0.15, 0.2) is 6.07 Å². The SMILES string of the molecule is Cc1c(C#CC#N)cc(F)cc1[N+](=O)[O-]. The summed E-state index contributed by atoms with van der Waals surface area (Å²) < 4.78 is 12.9. The van der Waals surface area contributed by atoms with Gasteiger partial charge in [0.2, 0.25) is 0 Å². The smallest absolute Gasteiger partial charge is 0.258 e. The summed E-state index contributed by atoms with van der Waals surface area (Å²) in [5, 5.41) is 18.7. The minimum absolute atomic E-state index is 0.156. The molecule has 0 bridgehead atoms. The Morgan fingerprint density at radius 3 is 2.73 bits per heavy atom. The number of nitriles is 1. The van der Waals surface area contributed by atoms with Gasteiger partial charge in [-0.2, -0.15) is 5.26 Å². The van der Waals surface area contributed by atoms with Crippen LogP contribution >= 0.6 is 0 Å². The van der Waals surface area contributed by atoms with Crippen molar-refractivity contribution < 1.29 is 9.31 Å². The zero-order chi connectivity index (χ0) is 11.4. The molecule has 0 fully saturated rings. The van der Waals surface area contributed by atoms with Gasteiger partial charge in [0.1, 0.15) is 5.82 Å². The first kappa shape index (κ1) is 10.7. The van der Waals surface area contributed by atoms with E-state index in [-0.39, 0.29) is 16.8 Å². The molecule has 0 aliphatic heterocycles. The summed E-state index contributed by atoms with van der Waals surface area (Å²) in [5.41, 5.74) is 0.0737. The summed E-state index contributed by atoms with van der Waals surface area (Å²) in [6, 6.07) is 3.45. The van der Waals surface area contributed by atoms with E-state index >= 15 is 0 Å². The lowest BCUT2D eigenvalue weighted by Crippen LogP contribution is -1.95. The number of hydrogen-bond donors (Lipinski definition) is 0. The van der Waals surface area contributed by atoms with E-state index in [4.69, 9.17) is 5.26 Å². The van der Waals surface area contributed by atoms with Gasteiger partial charge in [-0.15, -0.1) is 0 Å². The quantitative estimate of drug-likeness (QED) is 0.398. The molecule has 0 aliphatic rings. The van der Waals surface area contributed by atoms with Gasteiger partial charge in [-0.3, -0.25) is 10.1 Å². The zero-order valence-electron chi connectivity index (χ0n) is 7.74. The topological polar surface area (TPSA) is 66.9 Å². The third-order valence-electron chi connectivity index (χ3n) is 1.79. The molecule has 0 radical (unpaired) electrons. The van der Waals surface area contributed by atoms with Gasteiger partial charge in [-0.1, -0.05) is 5.92 Å². The van der Waals surface area contributed by atoms with Crippen molar-refractivity contribution in [1.29, 1.82) is 5.26 Å². The lowest BCUT2D eigenvalue weighted by atomic mass is 10.1. The van der Waals surface area contributed by atoms with Crippen molar-refractivity contribution in [2.75, 3.05) is 0 Å². The monoisotopic (exact) mass is 204 g/mol. The highest BCUT2D eigenvalue weighted by atomic mass is 19.1. The van der Waals surface area contributed by atoms with Crippen LogP contribution in [0, 0.1) is 46.0 Å². The third kappa shape index (κ3) is 2.29. The van der Waals surface area contributed by atoms with Gasteiger partial charge >= 0.3 is 0 Å². The van der Waals surface area contributed by atoms with Gasteiger partial charge in [0.25, 0.3) is 5.69 Å². The normalized spacial score (nSPS) is 8.60. The number of rotatable bonds is 1. The first-order chi connectivity index (χ1) is 7.06. The molecule has 0 aliphatic carbocycles. The molecule has 1 aromatic carbocycles. The van der Waals surface area contributed by atoms with Crippen molar-refractivity contribution in [3.05, 3.63) is 39.2 Å². The average Bonchev–Trinajstić information content (AvgIpc) is 2.18. The Morgan fingerprint density at radius 1 is 1.53 bits per heavy atom. The molecular formula is C10H5FN2O2. The first-order valence-electron chi connectivity index (χ1n) is 3.91. The number of nitro groups is 1. The van der Waals surface area contributed by atoms with E-state index in [1.165, 1.54) is 6.92 Å². The summed E-state index contributed by atoms with van der Waals surface area (Å²) in [4.78, 5) is 9.84. The van der Waals surface area contributed by atoms with Crippen LogP contribution in [0.4, 0.5) is 10.1 Å². The second-order valence-corrected chi connectivity index (χ2v) is 2.72. The van der Waals surface area contributed by atoms with Gasteiger partial charge in [0, 0.05) is 17.0 Å². The highest BCUT2D eigenvalue weighted by molar-refractivity contribution is 5.52. The molecule has 0 spiro atoms. The Labute approximate surface area is 85.1 Å². The minimum atomic E-state index is -0.741. The van der Waals surface area contributed by atoms with Gasteiger partial charge < -0.3 is 0 Å². The lowest BCUT2D eigenvalue weighted by Gasteiger charge is -1.99. The molecule has 0 amide bonds. The van der Waals surface area contributed by atoms with E-state index in [9.17, 15) is 14.5 Å². The third-order valence-corrected chi connectivity index (χ3v) is 1.79. The summed E-state index contributed by atoms with van der Waals surface area (Å²) >= 11 is 0. The summed E-state index contributed by atoms with van der Waals surface area (Å²) in [6.45, 7) is 1.46. The van der Waals surface area contributed by atoms with Crippen LogP contribution in [0.25, 0.3) is 0 Å². The number of nitrogens with zero attached hydrogens (tertiary/aromatic N) is 2. The molecule has 0 saturated heterocycles. The summed E-state index contributed by atoms with van der Waals surface area (Å²) in [5.74, 6) is 3.67. The van der Waals surface area contributed by atoms with Crippen LogP contribution in [0.5, 0.6) is 0 Å². The molecule has 0 N–H and O–H groups in total. The molecule has 1 aromatic rings. The summed E-state index contributed by atoms with van der Waals surface area (Å²) in [6.07, 6.45) is 0. The fourth-order valence-electron chi connectivity index (χ4n) is 1.08. The Kier molecular flexibility index (Phi) is 3.00. The highest BCUT2D eigenvalue weighted by Gasteiger charge is 2.15. The molecule has 74 valence electrons. The fraction of sp³-hybridized carbons (Fsp3) is 0.100. The van der Waals surface area contributed by atoms with E-state index in [2.05, 4.69) is 11.8 Å². The molecule has 4 nitrogen and oxygen atoms in total. The van der Waals surface area contributed by atoms with Crippen LogP contribution in [-0.4, -0.2) is 4.92 Å². The second kappa shape index (κ2) is 4.21. The first-order valence-corrected chi connectivity index (χ1v) is 3.91. The Balaban J connectivity index is 3.42. The zero-order valence-corrected chi connectivity index (χ0v) is 7.74. The van der Waals surface area contributed by atoms with Crippen LogP contribution in [0.2, 0.25) is 0 Å². The largest absolute Gasteiger partial charge is 0.276 e.